The number of pyridine rings is 1. The van der Waals surface area contributed by atoms with Crippen LogP contribution in [0.4, 0.5) is 0 Å². The highest BCUT2D eigenvalue weighted by Gasteiger charge is 2.14. The van der Waals surface area contributed by atoms with Gasteiger partial charge in [0.05, 0.1) is 5.56 Å². The molecule has 0 radical (unpaired) electrons. The Morgan fingerprint density at radius 2 is 2.14 bits per heavy atom. The maximum atomic E-state index is 11.3. The minimum Gasteiger partial charge on any atom is -0.481 e. The number of aryl methyl sites for hydroxylation is 1. The molecule has 1 N–H and O–H groups in total. The lowest BCUT2D eigenvalue weighted by Crippen LogP contribution is -2.08. The first-order valence-electron chi connectivity index (χ1n) is 3.89. The van der Waals surface area contributed by atoms with E-state index >= 15 is 0 Å². The molecule has 1 aromatic heterocycles. The van der Waals surface area contributed by atoms with E-state index in [4.69, 9.17) is 16.7 Å². The Morgan fingerprint density at radius 1 is 1.50 bits per heavy atom. The fourth-order valence-electron chi connectivity index (χ4n) is 0.966. The molecule has 0 bridgehead atoms. The summed E-state index contributed by atoms with van der Waals surface area (Å²) in [5.74, 6) is -1.71. The third-order valence-corrected chi connectivity index (χ3v) is 1.89. The largest absolute Gasteiger partial charge is 0.481 e. The van der Waals surface area contributed by atoms with Crippen LogP contribution in [0.5, 0.6) is 0 Å². The van der Waals surface area contributed by atoms with E-state index in [1.54, 1.807) is 13.0 Å². The SMILES string of the molecule is Cc1ccc(C(=O)CC(=O)O)c(Cl)n1. The molecule has 0 amide bonds. The Hall–Kier alpha value is -1.42. The van der Waals surface area contributed by atoms with Gasteiger partial charge in [-0.15, -0.1) is 0 Å². The number of hydrogen-bond donors (Lipinski definition) is 1. The van der Waals surface area contributed by atoms with Gasteiger partial charge in [0.15, 0.2) is 5.78 Å². The fourth-order valence-corrected chi connectivity index (χ4v) is 1.27. The summed E-state index contributed by atoms with van der Waals surface area (Å²) in [5.41, 5.74) is 0.835. The normalized spacial score (nSPS) is 9.86. The fraction of sp³-hybridized carbons (Fsp3) is 0.222. The Morgan fingerprint density at radius 3 is 2.64 bits per heavy atom. The van der Waals surface area contributed by atoms with Crippen LogP contribution in [0.2, 0.25) is 5.15 Å². The average Bonchev–Trinajstić information content (AvgIpc) is 2.01. The van der Waals surface area contributed by atoms with Gasteiger partial charge in [0, 0.05) is 5.69 Å². The molecule has 0 spiro atoms. The van der Waals surface area contributed by atoms with Crippen molar-refractivity contribution >= 4 is 23.4 Å². The summed E-state index contributed by atoms with van der Waals surface area (Å²) in [6.07, 6.45) is -0.565. The van der Waals surface area contributed by atoms with Crippen molar-refractivity contribution in [3.05, 3.63) is 28.5 Å². The summed E-state index contributed by atoms with van der Waals surface area (Å²) in [7, 11) is 0. The van der Waals surface area contributed by atoms with E-state index in [2.05, 4.69) is 4.98 Å². The van der Waals surface area contributed by atoms with Crippen LogP contribution >= 0.6 is 11.6 Å². The quantitative estimate of drug-likeness (QED) is 0.472. The number of hydrogen-bond acceptors (Lipinski definition) is 3. The van der Waals surface area contributed by atoms with Gasteiger partial charge >= 0.3 is 5.97 Å². The van der Waals surface area contributed by atoms with Crippen molar-refractivity contribution in [2.75, 3.05) is 0 Å². The number of nitrogens with zero attached hydrogens (tertiary/aromatic N) is 1. The molecule has 4 nitrogen and oxygen atoms in total. The summed E-state index contributed by atoms with van der Waals surface area (Å²) in [6, 6.07) is 3.09. The molecule has 14 heavy (non-hydrogen) atoms. The molecule has 0 aromatic carbocycles. The van der Waals surface area contributed by atoms with Gasteiger partial charge in [-0.25, -0.2) is 4.98 Å². The predicted octanol–water partition coefficient (Wildman–Crippen LogP) is 1.70. The van der Waals surface area contributed by atoms with Crippen molar-refractivity contribution < 1.29 is 14.7 Å². The van der Waals surface area contributed by atoms with Crippen molar-refractivity contribution in [1.29, 1.82) is 0 Å². The molecule has 1 rings (SSSR count). The van der Waals surface area contributed by atoms with Gasteiger partial charge in [-0.1, -0.05) is 11.6 Å². The van der Waals surface area contributed by atoms with Crippen LogP contribution in [0.1, 0.15) is 22.5 Å². The number of aromatic nitrogens is 1. The predicted molar refractivity (Wildman–Crippen MR) is 50.6 cm³/mol. The number of carbonyl (C=O) groups excluding carboxylic acids is 1. The Bertz CT molecular complexity index is 390. The first-order chi connectivity index (χ1) is 6.50. The molecule has 1 heterocycles. The van der Waals surface area contributed by atoms with Crippen molar-refractivity contribution in [2.45, 2.75) is 13.3 Å². The van der Waals surface area contributed by atoms with E-state index in [0.717, 1.165) is 0 Å². The Labute approximate surface area is 85.5 Å². The second-order valence-corrected chi connectivity index (χ2v) is 3.14. The van der Waals surface area contributed by atoms with Crippen LogP contribution in [-0.4, -0.2) is 21.8 Å². The first-order valence-corrected chi connectivity index (χ1v) is 4.26. The third kappa shape index (κ3) is 2.53. The molecule has 0 aliphatic carbocycles. The van der Waals surface area contributed by atoms with Crippen LogP contribution in [0, 0.1) is 6.92 Å². The van der Waals surface area contributed by atoms with Crippen LogP contribution in [-0.2, 0) is 4.79 Å². The summed E-state index contributed by atoms with van der Waals surface area (Å²) in [4.78, 5) is 25.4. The van der Waals surface area contributed by atoms with E-state index in [1.165, 1.54) is 6.07 Å². The summed E-state index contributed by atoms with van der Waals surface area (Å²) in [5, 5.41) is 8.46. The van der Waals surface area contributed by atoms with Gasteiger partial charge in [0.2, 0.25) is 0 Å². The minimum absolute atomic E-state index is 0.0521. The second kappa shape index (κ2) is 4.19. The van der Waals surface area contributed by atoms with Gasteiger partial charge < -0.3 is 5.11 Å². The lowest BCUT2D eigenvalue weighted by Gasteiger charge is -2.01. The Balaban J connectivity index is 2.96. The zero-order valence-electron chi connectivity index (χ0n) is 7.45. The topological polar surface area (TPSA) is 67.3 Å². The van der Waals surface area contributed by atoms with E-state index < -0.39 is 18.2 Å². The number of ketones is 1. The molecular weight excluding hydrogens is 206 g/mol. The van der Waals surface area contributed by atoms with Crippen LogP contribution < -0.4 is 0 Å². The zero-order valence-corrected chi connectivity index (χ0v) is 8.21. The molecule has 0 aliphatic heterocycles. The molecule has 0 aliphatic rings. The van der Waals surface area contributed by atoms with Crippen LogP contribution in [0.25, 0.3) is 0 Å². The number of carbonyl (C=O) groups is 2. The van der Waals surface area contributed by atoms with Gasteiger partial charge in [-0.2, -0.15) is 0 Å². The average molecular weight is 214 g/mol. The zero-order chi connectivity index (χ0) is 10.7. The maximum Gasteiger partial charge on any atom is 0.311 e. The number of aliphatic carboxylic acids is 1. The standard InChI is InChI=1S/C9H8ClNO3/c1-5-2-3-6(9(10)11-5)7(12)4-8(13)14/h2-3H,4H2,1H3,(H,13,14). The highest BCUT2D eigenvalue weighted by molar-refractivity contribution is 6.33. The van der Waals surface area contributed by atoms with Crippen molar-refractivity contribution in [1.82, 2.24) is 4.98 Å². The van der Waals surface area contributed by atoms with Gasteiger partial charge in [-0.05, 0) is 19.1 Å². The van der Waals surface area contributed by atoms with E-state index in [9.17, 15) is 9.59 Å². The molecule has 0 saturated heterocycles. The number of carboxylic acids is 1. The molecule has 74 valence electrons. The lowest BCUT2D eigenvalue weighted by molar-refractivity contribution is -0.135. The third-order valence-electron chi connectivity index (χ3n) is 1.60. The van der Waals surface area contributed by atoms with Gasteiger partial charge in [-0.3, -0.25) is 9.59 Å². The highest BCUT2D eigenvalue weighted by atomic mass is 35.5. The van der Waals surface area contributed by atoms with E-state index in [1.807, 2.05) is 0 Å². The summed E-state index contributed by atoms with van der Waals surface area (Å²) < 4.78 is 0. The first kappa shape index (κ1) is 10.7. The summed E-state index contributed by atoms with van der Waals surface area (Å²) in [6.45, 7) is 1.73. The number of Topliss-reactive ketones (excluding diaryl/α,β-unsaturated/α-hetero) is 1. The van der Waals surface area contributed by atoms with Crippen LogP contribution in [0.15, 0.2) is 12.1 Å². The van der Waals surface area contributed by atoms with Crippen molar-refractivity contribution in [3.63, 3.8) is 0 Å². The molecule has 0 unspecified atom stereocenters. The molecule has 1 aromatic rings. The lowest BCUT2D eigenvalue weighted by atomic mass is 10.1. The molecule has 0 atom stereocenters. The van der Waals surface area contributed by atoms with Crippen molar-refractivity contribution in [3.8, 4) is 0 Å². The monoisotopic (exact) mass is 213 g/mol. The van der Waals surface area contributed by atoms with E-state index in [0.29, 0.717) is 5.69 Å². The molecule has 5 heteroatoms. The Kier molecular flexibility index (Phi) is 3.19. The van der Waals surface area contributed by atoms with Gasteiger partial charge in [0.1, 0.15) is 11.6 Å². The van der Waals surface area contributed by atoms with Gasteiger partial charge in [0.25, 0.3) is 0 Å². The molecule has 0 saturated carbocycles. The second-order valence-electron chi connectivity index (χ2n) is 2.78. The number of carboxylic acid groups (broad SMARTS) is 1. The maximum absolute atomic E-state index is 11.3. The molecule has 0 fully saturated rings. The smallest absolute Gasteiger partial charge is 0.311 e. The van der Waals surface area contributed by atoms with Crippen LogP contribution in [0.3, 0.4) is 0 Å². The summed E-state index contributed by atoms with van der Waals surface area (Å²) >= 11 is 5.68. The highest BCUT2D eigenvalue weighted by Crippen LogP contribution is 2.15. The van der Waals surface area contributed by atoms with E-state index in [-0.39, 0.29) is 10.7 Å². The number of rotatable bonds is 3. The molecular formula is C9H8ClNO3. The van der Waals surface area contributed by atoms with Crippen molar-refractivity contribution in [2.24, 2.45) is 0 Å². The minimum atomic E-state index is -1.17. The number of halogens is 1.